The van der Waals surface area contributed by atoms with Gasteiger partial charge in [-0.25, -0.2) is 0 Å². The maximum atomic E-state index is 9.60. The molecule has 6 heteroatoms. The van der Waals surface area contributed by atoms with Gasteiger partial charge in [-0.3, -0.25) is 9.59 Å². The quantitative estimate of drug-likeness (QED) is 0.560. The van der Waals surface area contributed by atoms with Crippen molar-refractivity contribution in [1.82, 2.24) is 0 Å². The zero-order valence-corrected chi connectivity index (χ0v) is 19.2. The molecule has 0 saturated carbocycles. The van der Waals surface area contributed by atoms with Gasteiger partial charge in [-0.1, -0.05) is 65.2 Å². The molecule has 0 amide bonds. The van der Waals surface area contributed by atoms with Gasteiger partial charge in [0.1, 0.15) is 0 Å². The molecule has 1 aromatic carbocycles. The van der Waals surface area contributed by atoms with E-state index in [9.17, 15) is 9.59 Å². The number of hydrogen-bond acceptors (Lipinski definition) is 3. The second-order valence-electron chi connectivity index (χ2n) is 6.85. The van der Waals surface area contributed by atoms with Crippen LogP contribution in [0.3, 0.4) is 0 Å². The Morgan fingerprint density at radius 2 is 1.11 bits per heavy atom. The van der Waals surface area contributed by atoms with E-state index >= 15 is 0 Å². The number of aliphatic carboxylic acids is 2. The van der Waals surface area contributed by atoms with Gasteiger partial charge < -0.3 is 15.3 Å². The summed E-state index contributed by atoms with van der Waals surface area (Å²) in [5, 5.41) is 24.1. The normalized spacial score (nSPS) is 13.4. The Hall–Kier alpha value is -1.04. The van der Waals surface area contributed by atoms with Gasteiger partial charge in [0.2, 0.25) is 0 Å². The summed E-state index contributed by atoms with van der Waals surface area (Å²) in [4.78, 5) is 19.2. The summed E-state index contributed by atoms with van der Waals surface area (Å²) in [6, 6.07) is 2.52. The minimum atomic E-state index is -0.711. The van der Waals surface area contributed by atoms with Crippen molar-refractivity contribution in [2.45, 2.75) is 90.9 Å². The van der Waals surface area contributed by atoms with Crippen LogP contribution in [0.25, 0.3) is 0 Å². The first-order valence-electron chi connectivity index (χ1n) is 10.1. The number of hydrogen-bond donors (Lipinski definition) is 2. The Balaban J connectivity index is 0. The van der Waals surface area contributed by atoms with Crippen LogP contribution in [-0.4, -0.2) is 29.3 Å². The first-order valence-corrected chi connectivity index (χ1v) is 10.1. The summed E-state index contributed by atoms with van der Waals surface area (Å²) in [7, 11) is 0.750. The average Bonchev–Trinajstić information content (AvgIpc) is 3.03. The van der Waals surface area contributed by atoms with Crippen molar-refractivity contribution in [2.24, 2.45) is 0 Å². The first-order chi connectivity index (χ1) is 13.0. The molecule has 1 aromatic rings. The predicted molar refractivity (Wildman–Crippen MR) is 106 cm³/mol. The molecule has 2 aliphatic rings. The third-order valence-corrected chi connectivity index (χ3v) is 4.66. The average molecular weight is 428 g/mol. The number of carboxylic acids is 2. The monoisotopic (exact) mass is 428 g/mol. The SMILES string of the molecule is CCCC(=O)O.CCCC(=O)O.C[O-].[Ti+2].[cH-]1c2c(c3c1CCCC3)CCCC2. The third kappa shape index (κ3) is 11.7. The van der Waals surface area contributed by atoms with Gasteiger partial charge in [-0.05, 0) is 12.8 Å². The fourth-order valence-electron chi connectivity index (χ4n) is 3.50. The molecule has 0 fully saturated rings. The van der Waals surface area contributed by atoms with E-state index in [1.165, 1.54) is 51.4 Å². The van der Waals surface area contributed by atoms with Crippen LogP contribution in [0, 0.1) is 0 Å². The van der Waals surface area contributed by atoms with Crippen molar-refractivity contribution < 1.29 is 46.6 Å². The molecular formula is C22H36O5Ti. The van der Waals surface area contributed by atoms with E-state index in [-0.39, 0.29) is 21.7 Å². The molecule has 0 heterocycles. The topological polar surface area (TPSA) is 97.7 Å². The summed E-state index contributed by atoms with van der Waals surface area (Å²) in [5.41, 5.74) is 6.94. The second-order valence-corrected chi connectivity index (χ2v) is 6.85. The zero-order valence-electron chi connectivity index (χ0n) is 17.7. The van der Waals surface area contributed by atoms with Gasteiger partial charge >= 0.3 is 33.7 Å². The van der Waals surface area contributed by atoms with Crippen LogP contribution >= 0.6 is 0 Å². The van der Waals surface area contributed by atoms with Gasteiger partial charge in [0.25, 0.3) is 0 Å². The van der Waals surface area contributed by atoms with Crippen LogP contribution in [0.5, 0.6) is 0 Å². The van der Waals surface area contributed by atoms with Gasteiger partial charge in [-0.2, -0.15) is 35.4 Å². The van der Waals surface area contributed by atoms with Crippen LogP contribution in [0.2, 0.25) is 0 Å². The van der Waals surface area contributed by atoms with Crippen molar-refractivity contribution in [3.8, 4) is 0 Å². The molecule has 2 N–H and O–H groups in total. The number of fused-ring (bicyclic) bond motifs is 3. The van der Waals surface area contributed by atoms with E-state index in [4.69, 9.17) is 15.3 Å². The van der Waals surface area contributed by atoms with E-state index in [2.05, 4.69) is 6.07 Å². The fraction of sp³-hybridized carbons (Fsp3) is 0.682. The van der Waals surface area contributed by atoms with Crippen molar-refractivity contribution in [3.05, 3.63) is 28.3 Å². The standard InChI is InChI=1S/C13H17.2C4H8O2.CH3O.Ti/c1-3-7-12-10(5-1)9-11-6-2-4-8-13(11)12;2*1-2-3-4(5)6;1-2;/h9H,1-8H2;2*2-3H2,1H3,(H,5,6);1H3;/q-1;;;-1;+2. The third-order valence-electron chi connectivity index (χ3n) is 4.66. The smallest absolute Gasteiger partial charge is 0.857 e. The summed E-state index contributed by atoms with van der Waals surface area (Å²) >= 11 is 0. The van der Waals surface area contributed by atoms with Crippen molar-refractivity contribution in [3.63, 3.8) is 0 Å². The van der Waals surface area contributed by atoms with Crippen LogP contribution in [-0.2, 0) is 57.0 Å². The molecule has 0 aliphatic heterocycles. The summed E-state index contributed by atoms with van der Waals surface area (Å²) in [5.74, 6) is -1.42. The maximum Gasteiger partial charge on any atom is 2.00 e. The molecule has 0 atom stereocenters. The summed E-state index contributed by atoms with van der Waals surface area (Å²) in [6.45, 7) is 3.68. The predicted octanol–water partition coefficient (Wildman–Crippen LogP) is 3.88. The van der Waals surface area contributed by atoms with Crippen LogP contribution in [0.15, 0.2) is 6.07 Å². The van der Waals surface area contributed by atoms with E-state index < -0.39 is 11.9 Å². The van der Waals surface area contributed by atoms with E-state index in [0.29, 0.717) is 12.8 Å². The molecule has 0 spiro atoms. The molecule has 2 aliphatic carbocycles. The Bertz CT molecular complexity index is 505. The first kappa shape index (κ1) is 29.2. The summed E-state index contributed by atoms with van der Waals surface area (Å²) < 4.78 is 0. The molecule has 0 radical (unpaired) electrons. The second kappa shape index (κ2) is 18.0. The molecule has 0 unspecified atom stereocenters. The van der Waals surface area contributed by atoms with E-state index in [1.54, 1.807) is 22.3 Å². The van der Waals surface area contributed by atoms with Crippen LogP contribution < -0.4 is 5.11 Å². The van der Waals surface area contributed by atoms with Gasteiger partial charge in [-0.15, -0.1) is 0 Å². The van der Waals surface area contributed by atoms with Crippen molar-refractivity contribution in [1.29, 1.82) is 0 Å². The Labute approximate surface area is 184 Å². The number of aryl methyl sites for hydroxylation is 2. The van der Waals surface area contributed by atoms with Crippen molar-refractivity contribution >= 4 is 11.9 Å². The van der Waals surface area contributed by atoms with Gasteiger partial charge in [0.15, 0.2) is 0 Å². The Morgan fingerprint density at radius 1 is 0.786 bits per heavy atom. The fourth-order valence-corrected chi connectivity index (χ4v) is 3.50. The largest absolute Gasteiger partial charge is 2.00 e. The Morgan fingerprint density at radius 3 is 1.36 bits per heavy atom. The molecule has 3 rings (SSSR count). The Kier molecular flexibility index (Phi) is 18.8. The molecular weight excluding hydrogens is 392 g/mol. The van der Waals surface area contributed by atoms with E-state index in [1.807, 2.05) is 13.8 Å². The van der Waals surface area contributed by atoms with E-state index in [0.717, 1.165) is 20.0 Å². The van der Waals surface area contributed by atoms with Gasteiger partial charge in [0, 0.05) is 12.8 Å². The van der Waals surface area contributed by atoms with Crippen LogP contribution in [0.4, 0.5) is 0 Å². The minimum Gasteiger partial charge on any atom is -0.857 e. The maximum absolute atomic E-state index is 9.60. The molecule has 0 bridgehead atoms. The number of carboxylic acid groups (broad SMARTS) is 2. The molecule has 5 nitrogen and oxygen atoms in total. The molecule has 0 aromatic heterocycles. The molecule has 28 heavy (non-hydrogen) atoms. The van der Waals surface area contributed by atoms with Gasteiger partial charge in [0.05, 0.1) is 0 Å². The number of rotatable bonds is 4. The number of carbonyl (C=O) groups is 2. The zero-order chi connectivity index (χ0) is 20.7. The van der Waals surface area contributed by atoms with Crippen LogP contribution in [0.1, 0.15) is 87.5 Å². The minimum absolute atomic E-state index is 0. The van der Waals surface area contributed by atoms with Crippen molar-refractivity contribution in [2.75, 3.05) is 7.11 Å². The summed E-state index contributed by atoms with van der Waals surface area (Å²) in [6.07, 6.45) is 13.3. The molecule has 158 valence electrons. The molecule has 0 saturated heterocycles.